The van der Waals surface area contributed by atoms with E-state index in [-0.39, 0.29) is 5.56 Å². The molecule has 3 aromatic rings. The van der Waals surface area contributed by atoms with Crippen LogP contribution >= 0.6 is 0 Å². The minimum Gasteiger partial charge on any atom is -0.398 e. The lowest BCUT2D eigenvalue weighted by Crippen LogP contribution is -2.22. The van der Waals surface area contributed by atoms with Gasteiger partial charge in [-0.1, -0.05) is 17.0 Å². The van der Waals surface area contributed by atoms with Crippen molar-refractivity contribution in [1.82, 2.24) is 15.2 Å². The number of nitrogen functional groups attached to an aromatic ring is 1. The third-order valence-corrected chi connectivity index (χ3v) is 3.09. The zero-order valence-electron chi connectivity index (χ0n) is 11.4. The predicted octanol–water partition coefficient (Wildman–Crippen LogP) is 2.30. The quantitative estimate of drug-likeness (QED) is 0.578. The molecule has 0 saturated carbocycles. The Bertz CT molecular complexity index is 889. The van der Waals surface area contributed by atoms with E-state index in [9.17, 15) is 18.0 Å². The van der Waals surface area contributed by atoms with Gasteiger partial charge in [0, 0.05) is 5.69 Å². The van der Waals surface area contributed by atoms with Crippen LogP contribution in [0, 0.1) is 0 Å². The minimum atomic E-state index is -4.67. The van der Waals surface area contributed by atoms with Crippen LogP contribution in [0.3, 0.4) is 0 Å². The number of hydrogen-bond donors (Lipinski definition) is 1. The van der Waals surface area contributed by atoms with Crippen LogP contribution < -0.4 is 10.6 Å². The number of benzene rings is 2. The van der Waals surface area contributed by atoms with E-state index in [2.05, 4.69) is 10.3 Å². The number of carbonyl (C=O) groups excluding carboxylic acids is 1. The number of anilines is 1. The lowest BCUT2D eigenvalue weighted by Gasteiger charge is -2.11. The topological polar surface area (TPSA) is 83.0 Å². The Labute approximate surface area is 127 Å². The summed E-state index contributed by atoms with van der Waals surface area (Å²) in [6.45, 7) is 0. The van der Waals surface area contributed by atoms with Crippen molar-refractivity contribution in [3.05, 3.63) is 53.6 Å². The number of nitrogens with zero attached hydrogens (tertiary/aromatic N) is 3. The molecule has 0 spiro atoms. The maximum Gasteiger partial charge on any atom is 0.418 e. The van der Waals surface area contributed by atoms with Crippen molar-refractivity contribution in [3.8, 4) is 0 Å². The number of aromatic nitrogens is 3. The molecular formula is C14H9F3N4O2. The predicted molar refractivity (Wildman–Crippen MR) is 74.3 cm³/mol. The highest BCUT2D eigenvalue weighted by Gasteiger charge is 2.33. The highest BCUT2D eigenvalue weighted by Crippen LogP contribution is 2.34. The van der Waals surface area contributed by atoms with E-state index in [4.69, 9.17) is 10.6 Å². The molecule has 0 atom stereocenters. The molecule has 2 N–H and O–H groups in total. The second-order valence-electron chi connectivity index (χ2n) is 4.63. The van der Waals surface area contributed by atoms with Crippen molar-refractivity contribution in [3.63, 3.8) is 0 Å². The number of fused-ring (bicyclic) bond motifs is 1. The molecular weight excluding hydrogens is 313 g/mol. The fraction of sp³-hybridized carbons (Fsp3) is 0.0714. The van der Waals surface area contributed by atoms with E-state index in [1.54, 1.807) is 24.3 Å². The number of carbonyl (C=O) groups is 1. The summed E-state index contributed by atoms with van der Waals surface area (Å²) in [5.74, 6) is -1.01. The number of halogens is 3. The van der Waals surface area contributed by atoms with Crippen LogP contribution in [-0.2, 0) is 6.18 Å². The van der Waals surface area contributed by atoms with Gasteiger partial charge in [-0.2, -0.15) is 13.2 Å². The summed E-state index contributed by atoms with van der Waals surface area (Å²) in [6.07, 6.45) is -4.67. The van der Waals surface area contributed by atoms with Gasteiger partial charge >= 0.3 is 12.1 Å². The van der Waals surface area contributed by atoms with Crippen LogP contribution in [0.1, 0.15) is 15.9 Å². The van der Waals surface area contributed by atoms with Gasteiger partial charge in [0.2, 0.25) is 0 Å². The van der Waals surface area contributed by atoms with Gasteiger partial charge in [0.1, 0.15) is 11.0 Å². The first-order valence-corrected chi connectivity index (χ1v) is 6.36. The monoisotopic (exact) mass is 322 g/mol. The first kappa shape index (κ1) is 14.8. The van der Waals surface area contributed by atoms with E-state index in [1.807, 2.05) is 0 Å². The second kappa shape index (κ2) is 5.27. The number of rotatable bonds is 2. The maximum absolute atomic E-state index is 12.8. The van der Waals surface area contributed by atoms with Crippen LogP contribution in [0.15, 0.2) is 42.5 Å². The molecule has 6 nitrogen and oxygen atoms in total. The van der Waals surface area contributed by atoms with Gasteiger partial charge in [0.25, 0.3) is 0 Å². The molecule has 1 aromatic heterocycles. The summed E-state index contributed by atoms with van der Waals surface area (Å²) in [7, 11) is 0. The molecule has 0 unspecified atom stereocenters. The van der Waals surface area contributed by atoms with Gasteiger partial charge in [0.15, 0.2) is 0 Å². The van der Waals surface area contributed by atoms with Gasteiger partial charge in [-0.25, -0.2) is 4.79 Å². The first-order valence-electron chi connectivity index (χ1n) is 6.36. The fourth-order valence-corrected chi connectivity index (χ4v) is 1.97. The molecule has 0 fully saturated rings. The SMILES string of the molecule is Nc1ccc(C(=O)On2nnc3ccccc32)cc1C(F)(F)F. The summed E-state index contributed by atoms with van der Waals surface area (Å²) in [6, 6.07) is 9.44. The standard InChI is InChI=1S/C14H9F3N4O2/c15-14(16,17)9-7-8(5-6-10(9)18)13(22)23-21-12-4-2-1-3-11(12)19-20-21/h1-7H,18H2. The molecule has 0 bridgehead atoms. The summed E-state index contributed by atoms with van der Waals surface area (Å²) in [5.41, 5.74) is 4.30. The Morgan fingerprint density at radius 1 is 1.17 bits per heavy atom. The van der Waals surface area contributed by atoms with Crippen molar-refractivity contribution in [2.75, 3.05) is 5.73 Å². The molecule has 0 aliphatic rings. The van der Waals surface area contributed by atoms with Crippen LogP contribution in [0.2, 0.25) is 0 Å². The molecule has 3 rings (SSSR count). The van der Waals surface area contributed by atoms with Crippen LogP contribution in [0.4, 0.5) is 18.9 Å². The average molecular weight is 322 g/mol. The summed E-state index contributed by atoms with van der Waals surface area (Å²) in [5, 5.41) is 7.40. The van der Waals surface area contributed by atoms with Gasteiger partial charge in [-0.15, -0.1) is 5.10 Å². The van der Waals surface area contributed by atoms with Crippen LogP contribution in [-0.4, -0.2) is 21.1 Å². The Hall–Kier alpha value is -3.10. The summed E-state index contributed by atoms with van der Waals surface area (Å²) in [4.78, 5) is 17.8. The van der Waals surface area contributed by atoms with E-state index >= 15 is 0 Å². The van der Waals surface area contributed by atoms with Crippen molar-refractivity contribution in [2.45, 2.75) is 6.18 Å². The Morgan fingerprint density at radius 3 is 2.65 bits per heavy atom. The molecule has 0 radical (unpaired) electrons. The van der Waals surface area contributed by atoms with E-state index < -0.39 is 23.4 Å². The number of para-hydroxylation sites is 1. The second-order valence-corrected chi connectivity index (χ2v) is 4.63. The molecule has 23 heavy (non-hydrogen) atoms. The van der Waals surface area contributed by atoms with Crippen LogP contribution in [0.5, 0.6) is 0 Å². The van der Waals surface area contributed by atoms with Crippen molar-refractivity contribution in [2.24, 2.45) is 0 Å². The summed E-state index contributed by atoms with van der Waals surface area (Å²) < 4.78 is 38.5. The third-order valence-electron chi connectivity index (χ3n) is 3.09. The Balaban J connectivity index is 1.92. The van der Waals surface area contributed by atoms with Gasteiger partial charge < -0.3 is 10.6 Å². The van der Waals surface area contributed by atoms with Crippen molar-refractivity contribution >= 4 is 22.7 Å². The Morgan fingerprint density at radius 2 is 1.91 bits per heavy atom. The normalized spacial score (nSPS) is 11.6. The highest BCUT2D eigenvalue weighted by atomic mass is 19.4. The molecule has 1 heterocycles. The Kier molecular flexibility index (Phi) is 3.40. The molecule has 118 valence electrons. The number of nitrogens with two attached hydrogens (primary N) is 1. The highest BCUT2D eigenvalue weighted by molar-refractivity contribution is 5.91. The van der Waals surface area contributed by atoms with E-state index in [0.29, 0.717) is 17.1 Å². The van der Waals surface area contributed by atoms with Crippen molar-refractivity contribution in [1.29, 1.82) is 0 Å². The molecule has 0 saturated heterocycles. The maximum atomic E-state index is 12.8. The number of alkyl halides is 3. The lowest BCUT2D eigenvalue weighted by atomic mass is 10.1. The smallest absolute Gasteiger partial charge is 0.398 e. The fourth-order valence-electron chi connectivity index (χ4n) is 1.97. The first-order chi connectivity index (χ1) is 10.9. The molecule has 0 aliphatic carbocycles. The zero-order chi connectivity index (χ0) is 16.6. The molecule has 9 heteroatoms. The molecule has 2 aromatic carbocycles. The lowest BCUT2D eigenvalue weighted by molar-refractivity contribution is -0.136. The van der Waals surface area contributed by atoms with Gasteiger partial charge in [-0.05, 0) is 35.5 Å². The minimum absolute atomic E-state index is 0.300. The summed E-state index contributed by atoms with van der Waals surface area (Å²) >= 11 is 0. The zero-order valence-corrected chi connectivity index (χ0v) is 11.4. The largest absolute Gasteiger partial charge is 0.418 e. The molecule has 0 aliphatic heterocycles. The third kappa shape index (κ3) is 2.80. The number of hydrogen-bond acceptors (Lipinski definition) is 5. The van der Waals surface area contributed by atoms with Crippen LogP contribution in [0.25, 0.3) is 11.0 Å². The van der Waals surface area contributed by atoms with E-state index in [1.165, 1.54) is 0 Å². The van der Waals surface area contributed by atoms with Gasteiger partial charge in [-0.3, -0.25) is 0 Å². The van der Waals surface area contributed by atoms with Gasteiger partial charge in [0.05, 0.1) is 11.1 Å². The van der Waals surface area contributed by atoms with E-state index in [0.717, 1.165) is 17.0 Å². The average Bonchev–Trinajstić information content (AvgIpc) is 2.90. The van der Waals surface area contributed by atoms with Crippen molar-refractivity contribution < 1.29 is 22.8 Å². The molecule has 0 amide bonds.